The third-order valence-corrected chi connectivity index (χ3v) is 7.59. The number of carboxylic acid groups (broad SMARTS) is 4. The van der Waals surface area contributed by atoms with Crippen molar-refractivity contribution in [1.29, 1.82) is 0 Å². The normalized spacial score (nSPS) is 16.5. The zero-order valence-corrected chi connectivity index (χ0v) is 26.4. The average Bonchev–Trinajstić information content (AvgIpc) is 2.97. The van der Waals surface area contributed by atoms with Crippen LogP contribution in [-0.2, 0) is 35.2 Å². The maximum atomic E-state index is 11.7. The molecule has 1 heterocycles. The van der Waals surface area contributed by atoms with Gasteiger partial charge in [0.1, 0.15) is 0 Å². The van der Waals surface area contributed by atoms with Crippen LogP contribution in [0.25, 0.3) is 0 Å². The van der Waals surface area contributed by atoms with Gasteiger partial charge in [-0.3, -0.25) is 48.9 Å². The summed E-state index contributed by atoms with van der Waals surface area (Å²) in [5.74, 6) is -4.27. The maximum Gasteiger partial charge on any atom is 0.373 e. The molecule has 0 saturated carbocycles. The number of nitro benzene ring substituents is 1. The predicted octanol–water partition coefficient (Wildman–Crippen LogP) is -0.806. The fourth-order valence-corrected chi connectivity index (χ4v) is 5.19. The average molecular weight is 669 g/mol. The highest BCUT2D eigenvalue weighted by molar-refractivity contribution is 5.72. The Morgan fingerprint density at radius 1 is 0.787 bits per heavy atom. The van der Waals surface area contributed by atoms with E-state index in [-0.39, 0.29) is 31.5 Å². The number of likely N-dealkylation sites (N-methyl/N-ethyl adjacent to an activating group) is 1. The molecule has 1 aromatic carbocycles. The zero-order chi connectivity index (χ0) is 35.4. The van der Waals surface area contributed by atoms with Crippen molar-refractivity contribution in [3.8, 4) is 0 Å². The number of nitrogens with zero attached hydrogens (tertiary/aromatic N) is 6. The lowest BCUT2D eigenvalue weighted by Crippen LogP contribution is -2.52. The third kappa shape index (κ3) is 18.4. The molecular weight excluding hydrogens is 624 g/mol. The Kier molecular flexibility index (Phi) is 19.3. The fraction of sp³-hybridized carbons (Fsp3) is 0.621. The summed E-state index contributed by atoms with van der Waals surface area (Å²) in [5, 5.41) is 49.0. The van der Waals surface area contributed by atoms with E-state index in [1.54, 1.807) is 12.1 Å². The second-order valence-electron chi connectivity index (χ2n) is 11.2. The second-order valence-corrected chi connectivity index (χ2v) is 11.2. The van der Waals surface area contributed by atoms with Crippen molar-refractivity contribution in [3.63, 3.8) is 0 Å². The lowest BCUT2D eigenvalue weighted by Gasteiger charge is -2.37. The third-order valence-electron chi connectivity index (χ3n) is 7.59. The van der Waals surface area contributed by atoms with E-state index >= 15 is 0 Å². The Bertz CT molecular complexity index is 1150. The molecule has 47 heavy (non-hydrogen) atoms. The van der Waals surface area contributed by atoms with E-state index in [1.807, 2.05) is 26.6 Å². The summed E-state index contributed by atoms with van der Waals surface area (Å²) in [6.07, 6.45) is 1.76. The van der Waals surface area contributed by atoms with Crippen molar-refractivity contribution in [2.24, 2.45) is 0 Å². The first-order valence-electron chi connectivity index (χ1n) is 14.9. The lowest BCUT2D eigenvalue weighted by atomic mass is 10.0. The molecule has 1 saturated heterocycles. The van der Waals surface area contributed by atoms with Crippen molar-refractivity contribution < 1.29 is 54.1 Å². The number of carbonyl (C=O) groups excluding carboxylic acids is 2. The number of aliphatic carboxylic acids is 4. The molecule has 0 spiro atoms. The standard InChI is InChI=1S/C28H44N6O10.CO2/c1-29-9-11-31(18-25(35)36)15-13-30(14-16-32(12-10-29)19-26(37)38)17-24(33(20-27(39)40)21-28(41)42)4-2-3-22-5-7-23(8-6-22)34(43)44;2-1-3/h5-8,24H,2-4,9-21H2,1H3,(H,35,36)(H,37,38)(H,39,40)(H,41,42);. The number of nitro groups is 1. The minimum atomic E-state index is -1.18. The molecular formula is C29H44N6O12. The van der Waals surface area contributed by atoms with Crippen molar-refractivity contribution >= 4 is 35.7 Å². The molecule has 2 rings (SSSR count). The van der Waals surface area contributed by atoms with Gasteiger partial charge in [0.05, 0.1) is 31.1 Å². The van der Waals surface area contributed by atoms with E-state index < -0.39 is 47.9 Å². The van der Waals surface area contributed by atoms with Gasteiger partial charge in [-0.25, -0.2) is 0 Å². The minimum Gasteiger partial charge on any atom is -0.480 e. The van der Waals surface area contributed by atoms with Crippen LogP contribution in [0, 0.1) is 10.1 Å². The van der Waals surface area contributed by atoms with Crippen LogP contribution in [0.1, 0.15) is 18.4 Å². The Balaban J connectivity index is 0.00000354. The van der Waals surface area contributed by atoms with Gasteiger partial charge in [-0.15, -0.1) is 0 Å². The molecule has 1 aliphatic heterocycles. The number of aryl methyl sites for hydroxylation is 1. The van der Waals surface area contributed by atoms with E-state index in [4.69, 9.17) is 9.59 Å². The lowest BCUT2D eigenvalue weighted by molar-refractivity contribution is -0.384. The van der Waals surface area contributed by atoms with Crippen molar-refractivity contribution in [2.45, 2.75) is 25.3 Å². The molecule has 18 heteroatoms. The molecule has 1 aromatic rings. The summed E-state index contributed by atoms with van der Waals surface area (Å²) < 4.78 is 0. The van der Waals surface area contributed by atoms with E-state index in [2.05, 4.69) is 0 Å². The van der Waals surface area contributed by atoms with Gasteiger partial charge in [-0.2, -0.15) is 9.59 Å². The van der Waals surface area contributed by atoms with Crippen molar-refractivity contribution in [1.82, 2.24) is 24.5 Å². The van der Waals surface area contributed by atoms with Crippen LogP contribution in [0.4, 0.5) is 5.69 Å². The number of hydrogen-bond donors (Lipinski definition) is 4. The van der Waals surface area contributed by atoms with Gasteiger partial charge in [0.25, 0.3) is 5.69 Å². The summed E-state index contributed by atoms with van der Waals surface area (Å²) in [6, 6.07) is 5.63. The largest absolute Gasteiger partial charge is 0.480 e. The first-order valence-corrected chi connectivity index (χ1v) is 14.9. The maximum absolute atomic E-state index is 11.7. The molecule has 4 N–H and O–H groups in total. The number of carbonyl (C=O) groups is 4. The molecule has 1 atom stereocenters. The molecule has 0 amide bonds. The number of hydrogen-bond acceptors (Lipinski definition) is 13. The first kappa shape index (κ1) is 40.7. The molecule has 0 aliphatic carbocycles. The predicted molar refractivity (Wildman–Crippen MR) is 164 cm³/mol. The number of non-ortho nitro benzene ring substituents is 1. The van der Waals surface area contributed by atoms with Crippen LogP contribution in [0.3, 0.4) is 0 Å². The van der Waals surface area contributed by atoms with Crippen molar-refractivity contribution in [3.05, 3.63) is 39.9 Å². The SMILES string of the molecule is CN1CCN(CC(=O)O)CCN(CC(CCCc2ccc([N+](=O)[O-])cc2)N(CC(=O)O)CC(=O)O)CCN(CC(=O)O)CC1.O=C=O. The molecule has 262 valence electrons. The van der Waals surface area contributed by atoms with Crippen LogP contribution >= 0.6 is 0 Å². The highest BCUT2D eigenvalue weighted by Crippen LogP contribution is 2.17. The molecule has 0 aromatic heterocycles. The first-order chi connectivity index (χ1) is 22.2. The Hall–Kier alpha value is -4.32. The quantitative estimate of drug-likeness (QED) is 0.124. The highest BCUT2D eigenvalue weighted by Gasteiger charge is 2.26. The molecule has 0 radical (unpaired) electrons. The number of benzene rings is 1. The van der Waals surface area contributed by atoms with Gasteiger partial charge in [0.2, 0.25) is 0 Å². The van der Waals surface area contributed by atoms with E-state index in [9.17, 15) is 49.7 Å². The van der Waals surface area contributed by atoms with Crippen LogP contribution in [0.15, 0.2) is 24.3 Å². The molecule has 1 fully saturated rings. The summed E-state index contributed by atoms with van der Waals surface area (Å²) >= 11 is 0. The number of rotatable bonds is 16. The Labute approximate surface area is 271 Å². The van der Waals surface area contributed by atoms with E-state index in [0.29, 0.717) is 71.6 Å². The second kappa shape index (κ2) is 22.2. The van der Waals surface area contributed by atoms with Crippen molar-refractivity contribution in [2.75, 3.05) is 92.1 Å². The highest BCUT2D eigenvalue weighted by atomic mass is 16.6. The zero-order valence-electron chi connectivity index (χ0n) is 26.4. The van der Waals surface area contributed by atoms with Crippen LogP contribution in [0.2, 0.25) is 0 Å². The molecule has 0 bridgehead atoms. The van der Waals surface area contributed by atoms with Gasteiger partial charge in [-0.05, 0) is 31.9 Å². The summed E-state index contributed by atoms with van der Waals surface area (Å²) in [6.45, 7) is 2.73. The van der Waals surface area contributed by atoms with Gasteiger partial charge < -0.3 is 25.3 Å². The fourth-order valence-electron chi connectivity index (χ4n) is 5.19. The topological polar surface area (TPSA) is 243 Å². The number of carboxylic acids is 4. The van der Waals surface area contributed by atoms with E-state index in [0.717, 1.165) is 5.56 Å². The summed E-state index contributed by atoms with van der Waals surface area (Å²) in [7, 11) is 1.90. The van der Waals surface area contributed by atoms with Gasteiger partial charge >= 0.3 is 30.0 Å². The summed E-state index contributed by atoms with van der Waals surface area (Å²) in [5.41, 5.74) is 0.818. The van der Waals surface area contributed by atoms with E-state index in [1.165, 1.54) is 17.0 Å². The van der Waals surface area contributed by atoms with Crippen LogP contribution in [0.5, 0.6) is 0 Å². The monoisotopic (exact) mass is 668 g/mol. The van der Waals surface area contributed by atoms with Crippen LogP contribution < -0.4 is 0 Å². The van der Waals surface area contributed by atoms with Gasteiger partial charge in [0, 0.05) is 77.1 Å². The smallest absolute Gasteiger partial charge is 0.373 e. The molecule has 18 nitrogen and oxygen atoms in total. The molecule has 1 unspecified atom stereocenters. The minimum absolute atomic E-state index is 0.0310. The van der Waals surface area contributed by atoms with Crippen LogP contribution in [-0.4, -0.2) is 178 Å². The van der Waals surface area contributed by atoms with Gasteiger partial charge in [0.15, 0.2) is 0 Å². The summed E-state index contributed by atoms with van der Waals surface area (Å²) in [4.78, 5) is 82.3. The van der Waals surface area contributed by atoms with Gasteiger partial charge in [-0.1, -0.05) is 12.1 Å². The Morgan fingerprint density at radius 3 is 1.62 bits per heavy atom. The molecule has 1 aliphatic rings. The Morgan fingerprint density at radius 2 is 1.21 bits per heavy atom.